The standard InChI is InChI=1S/C12H18F2N2O/c1-16(7-3-2-4-8-17)12-10(15)6-5-9(13)11(12)14/h5-6,17H,2-4,7-8,15H2,1H3. The lowest BCUT2D eigenvalue weighted by Crippen LogP contribution is -2.21. The van der Waals surface area contributed by atoms with Crippen molar-refractivity contribution < 1.29 is 13.9 Å². The first-order valence-electron chi connectivity index (χ1n) is 5.63. The predicted molar refractivity (Wildman–Crippen MR) is 65.0 cm³/mol. The van der Waals surface area contributed by atoms with E-state index in [2.05, 4.69) is 0 Å². The zero-order valence-electron chi connectivity index (χ0n) is 9.92. The molecule has 1 aromatic carbocycles. The van der Waals surface area contributed by atoms with Crippen molar-refractivity contribution in [1.82, 2.24) is 0 Å². The molecule has 3 nitrogen and oxygen atoms in total. The van der Waals surface area contributed by atoms with Gasteiger partial charge in [-0.25, -0.2) is 8.78 Å². The predicted octanol–water partition coefficient (Wildman–Crippen LogP) is 2.15. The Hall–Kier alpha value is -1.36. The van der Waals surface area contributed by atoms with Crippen LogP contribution in [0.25, 0.3) is 0 Å². The zero-order valence-corrected chi connectivity index (χ0v) is 9.92. The summed E-state index contributed by atoms with van der Waals surface area (Å²) in [6, 6.07) is 2.38. The summed E-state index contributed by atoms with van der Waals surface area (Å²) < 4.78 is 26.6. The van der Waals surface area contributed by atoms with Crippen LogP contribution >= 0.6 is 0 Å². The van der Waals surface area contributed by atoms with Gasteiger partial charge < -0.3 is 15.7 Å². The van der Waals surface area contributed by atoms with Gasteiger partial charge in [0.2, 0.25) is 0 Å². The van der Waals surface area contributed by atoms with Gasteiger partial charge in [0.1, 0.15) is 0 Å². The van der Waals surface area contributed by atoms with Gasteiger partial charge in [0, 0.05) is 20.2 Å². The summed E-state index contributed by atoms with van der Waals surface area (Å²) in [5, 5.41) is 8.63. The Morgan fingerprint density at radius 2 is 1.94 bits per heavy atom. The first kappa shape index (κ1) is 13.7. The molecule has 17 heavy (non-hydrogen) atoms. The van der Waals surface area contributed by atoms with Crippen LogP contribution in [0, 0.1) is 11.6 Å². The third kappa shape index (κ3) is 3.56. The fourth-order valence-corrected chi connectivity index (χ4v) is 1.69. The number of nitrogen functional groups attached to an aromatic ring is 1. The molecule has 0 bridgehead atoms. The van der Waals surface area contributed by atoms with E-state index in [9.17, 15) is 8.78 Å². The minimum atomic E-state index is -0.908. The second kappa shape index (κ2) is 6.39. The first-order chi connectivity index (χ1) is 8.07. The lowest BCUT2D eigenvalue weighted by atomic mass is 10.2. The molecule has 1 rings (SSSR count). The van der Waals surface area contributed by atoms with Crippen LogP contribution in [0.4, 0.5) is 20.2 Å². The number of rotatable bonds is 6. The largest absolute Gasteiger partial charge is 0.397 e. The average Bonchev–Trinajstić information content (AvgIpc) is 2.30. The summed E-state index contributed by atoms with van der Waals surface area (Å²) >= 11 is 0. The maximum absolute atomic E-state index is 13.6. The van der Waals surface area contributed by atoms with E-state index in [-0.39, 0.29) is 18.0 Å². The number of aliphatic hydroxyl groups is 1. The van der Waals surface area contributed by atoms with Gasteiger partial charge in [-0.3, -0.25) is 0 Å². The van der Waals surface area contributed by atoms with Gasteiger partial charge in [-0.05, 0) is 31.4 Å². The summed E-state index contributed by atoms with van der Waals surface area (Å²) in [4.78, 5) is 1.60. The Morgan fingerprint density at radius 1 is 1.24 bits per heavy atom. The highest BCUT2D eigenvalue weighted by Crippen LogP contribution is 2.27. The fraction of sp³-hybridized carbons (Fsp3) is 0.500. The van der Waals surface area contributed by atoms with Gasteiger partial charge in [-0.1, -0.05) is 0 Å². The molecule has 0 unspecified atom stereocenters. The second-order valence-corrected chi connectivity index (χ2v) is 4.01. The van der Waals surface area contributed by atoms with Crippen molar-refractivity contribution in [2.24, 2.45) is 0 Å². The molecule has 0 saturated heterocycles. The van der Waals surface area contributed by atoms with E-state index < -0.39 is 11.6 Å². The minimum Gasteiger partial charge on any atom is -0.397 e. The highest BCUT2D eigenvalue weighted by atomic mass is 19.2. The van der Waals surface area contributed by atoms with E-state index in [4.69, 9.17) is 10.8 Å². The summed E-state index contributed by atoms with van der Waals surface area (Å²) in [5.41, 5.74) is 5.97. The molecule has 0 heterocycles. The molecule has 0 spiro atoms. The van der Waals surface area contributed by atoms with Crippen LogP contribution < -0.4 is 10.6 Å². The Morgan fingerprint density at radius 3 is 2.59 bits per heavy atom. The van der Waals surface area contributed by atoms with E-state index in [1.807, 2.05) is 0 Å². The summed E-state index contributed by atoms with van der Waals surface area (Å²) in [7, 11) is 1.67. The maximum atomic E-state index is 13.6. The topological polar surface area (TPSA) is 49.5 Å². The highest BCUT2D eigenvalue weighted by Gasteiger charge is 2.15. The maximum Gasteiger partial charge on any atom is 0.184 e. The van der Waals surface area contributed by atoms with Crippen molar-refractivity contribution in [1.29, 1.82) is 0 Å². The van der Waals surface area contributed by atoms with Crippen LogP contribution in [0.3, 0.4) is 0 Å². The van der Waals surface area contributed by atoms with Gasteiger partial charge in [0.05, 0.1) is 11.4 Å². The van der Waals surface area contributed by atoms with Crippen LogP contribution in [-0.4, -0.2) is 25.3 Å². The Bertz CT molecular complexity index is 372. The van der Waals surface area contributed by atoms with Crippen molar-refractivity contribution >= 4 is 11.4 Å². The number of hydrogen-bond donors (Lipinski definition) is 2. The quantitative estimate of drug-likeness (QED) is 0.595. The number of nitrogens with two attached hydrogens (primary N) is 1. The molecule has 0 aliphatic carbocycles. The number of aliphatic hydroxyl groups excluding tert-OH is 1. The van der Waals surface area contributed by atoms with Crippen LogP contribution in [0.5, 0.6) is 0 Å². The smallest absolute Gasteiger partial charge is 0.184 e. The van der Waals surface area contributed by atoms with Crippen LogP contribution in [0.15, 0.2) is 12.1 Å². The lowest BCUT2D eigenvalue weighted by molar-refractivity contribution is 0.283. The van der Waals surface area contributed by atoms with Crippen molar-refractivity contribution in [3.05, 3.63) is 23.8 Å². The average molecular weight is 244 g/mol. The second-order valence-electron chi connectivity index (χ2n) is 4.01. The molecule has 0 amide bonds. The summed E-state index contributed by atoms with van der Waals surface area (Å²) in [5.74, 6) is -1.80. The van der Waals surface area contributed by atoms with Gasteiger partial charge in [-0.2, -0.15) is 0 Å². The molecule has 0 saturated carbocycles. The van der Waals surface area contributed by atoms with Crippen molar-refractivity contribution in [2.75, 3.05) is 30.8 Å². The molecule has 0 fully saturated rings. The Balaban J connectivity index is 2.68. The molecule has 96 valence electrons. The van der Waals surface area contributed by atoms with Crippen LogP contribution in [-0.2, 0) is 0 Å². The molecule has 0 aliphatic heterocycles. The normalized spacial score (nSPS) is 10.6. The highest BCUT2D eigenvalue weighted by molar-refractivity contribution is 5.68. The van der Waals surface area contributed by atoms with Crippen LogP contribution in [0.2, 0.25) is 0 Å². The molecule has 0 atom stereocenters. The minimum absolute atomic E-state index is 0.106. The van der Waals surface area contributed by atoms with E-state index in [0.29, 0.717) is 6.54 Å². The molecular formula is C12H18F2N2O. The first-order valence-corrected chi connectivity index (χ1v) is 5.63. The molecule has 5 heteroatoms. The van der Waals surface area contributed by atoms with E-state index in [0.717, 1.165) is 25.3 Å². The monoisotopic (exact) mass is 244 g/mol. The van der Waals surface area contributed by atoms with Gasteiger partial charge in [-0.15, -0.1) is 0 Å². The number of anilines is 2. The van der Waals surface area contributed by atoms with Crippen molar-refractivity contribution in [3.8, 4) is 0 Å². The van der Waals surface area contributed by atoms with Gasteiger partial charge in [0.15, 0.2) is 11.6 Å². The number of nitrogens with zero attached hydrogens (tertiary/aromatic N) is 1. The number of benzene rings is 1. The molecule has 0 aromatic heterocycles. The summed E-state index contributed by atoms with van der Waals surface area (Å²) in [6.07, 6.45) is 2.36. The Labute approximate surface area is 99.8 Å². The lowest BCUT2D eigenvalue weighted by Gasteiger charge is -2.21. The molecule has 1 aromatic rings. The number of halogens is 2. The Kier molecular flexibility index (Phi) is 5.15. The van der Waals surface area contributed by atoms with Crippen LogP contribution in [0.1, 0.15) is 19.3 Å². The molecular weight excluding hydrogens is 226 g/mol. The summed E-state index contributed by atoms with van der Waals surface area (Å²) in [6.45, 7) is 0.727. The number of unbranched alkanes of at least 4 members (excludes halogenated alkanes) is 2. The zero-order chi connectivity index (χ0) is 12.8. The molecule has 0 aliphatic rings. The van der Waals surface area contributed by atoms with E-state index in [1.165, 1.54) is 6.07 Å². The number of hydrogen-bond acceptors (Lipinski definition) is 3. The van der Waals surface area contributed by atoms with E-state index in [1.54, 1.807) is 11.9 Å². The van der Waals surface area contributed by atoms with Gasteiger partial charge >= 0.3 is 0 Å². The third-order valence-electron chi connectivity index (χ3n) is 2.63. The van der Waals surface area contributed by atoms with E-state index >= 15 is 0 Å². The van der Waals surface area contributed by atoms with Crippen molar-refractivity contribution in [2.45, 2.75) is 19.3 Å². The third-order valence-corrected chi connectivity index (χ3v) is 2.63. The van der Waals surface area contributed by atoms with Gasteiger partial charge in [0.25, 0.3) is 0 Å². The molecule has 0 radical (unpaired) electrons. The van der Waals surface area contributed by atoms with Crippen molar-refractivity contribution in [3.63, 3.8) is 0 Å². The SMILES string of the molecule is CN(CCCCCO)c1c(N)ccc(F)c1F. The fourth-order valence-electron chi connectivity index (χ4n) is 1.69. The molecule has 3 N–H and O–H groups in total.